The second kappa shape index (κ2) is 0.711. The average molecular weight is 60.1 g/mol. The zero-order valence-electron chi connectivity index (χ0n) is 2.15. The molecular weight excluding hydrogens is 55.0 g/mol. The van der Waals surface area contributed by atoms with Crippen LogP contribution in [0.3, 0.4) is 0 Å². The monoisotopic (exact) mass is 60.0 g/mol. The van der Waals surface area contributed by atoms with Gasteiger partial charge in [-0.05, 0) is 0 Å². The standard InChI is InChI=1S/CH5N3/c2-1(3)4/h(H5,2,3,4)/i2+1. The fourth-order valence-electron chi connectivity index (χ4n) is 0. The van der Waals surface area contributed by atoms with E-state index in [9.17, 15) is 0 Å². The summed E-state index contributed by atoms with van der Waals surface area (Å²) in [5, 5.41) is 6.06. The van der Waals surface area contributed by atoms with Crippen LogP contribution in [0.2, 0.25) is 0 Å². The summed E-state index contributed by atoms with van der Waals surface area (Å²) in [5.41, 5.74) is 8.94. The number of nitrogens with two attached hydrogens (primary N) is 2. The number of nitrogens with one attached hydrogen (secondary N) is 1. The lowest BCUT2D eigenvalue weighted by Crippen LogP contribution is -2.20. The highest BCUT2D eigenvalue weighted by atomic mass is 15.3. The van der Waals surface area contributed by atoms with E-state index in [-0.39, 0.29) is 5.96 Å². The number of hydrogen-bond donors (Lipinski definition) is 3. The van der Waals surface area contributed by atoms with Crippen LogP contribution in [0.25, 0.3) is 0 Å². The lowest BCUT2D eigenvalue weighted by atomic mass is 11.2. The maximum Gasteiger partial charge on any atom is 0.183 e. The molecule has 0 radical (unpaired) electrons. The smallest absolute Gasteiger partial charge is 0.183 e. The van der Waals surface area contributed by atoms with Crippen molar-refractivity contribution in [3.63, 3.8) is 0 Å². The minimum Gasteiger partial charge on any atom is -0.370 e. The maximum atomic E-state index is 6.06. The second-order valence-corrected chi connectivity index (χ2v) is 0.455. The quantitative estimate of drug-likeness (QED) is 0.187. The Kier molecular flexibility index (Phi) is 0.581. The summed E-state index contributed by atoms with van der Waals surface area (Å²) in [6.45, 7) is 0. The Morgan fingerprint density at radius 1 is 1.50 bits per heavy atom. The molecular formula is CH5N3. The van der Waals surface area contributed by atoms with E-state index >= 15 is 0 Å². The van der Waals surface area contributed by atoms with E-state index in [2.05, 4.69) is 11.5 Å². The summed E-state index contributed by atoms with van der Waals surface area (Å²) >= 11 is 0. The van der Waals surface area contributed by atoms with Crippen LogP contribution >= 0.6 is 0 Å². The van der Waals surface area contributed by atoms with Crippen molar-refractivity contribution in [2.24, 2.45) is 11.5 Å². The first-order valence-corrected chi connectivity index (χ1v) is 0.827. The van der Waals surface area contributed by atoms with E-state index < -0.39 is 0 Å². The van der Waals surface area contributed by atoms with Gasteiger partial charge in [0.2, 0.25) is 0 Å². The molecule has 0 unspecified atom stereocenters. The first-order valence-electron chi connectivity index (χ1n) is 0.827. The van der Waals surface area contributed by atoms with E-state index in [1.54, 1.807) is 0 Å². The molecule has 4 heavy (non-hydrogen) atoms. The van der Waals surface area contributed by atoms with Gasteiger partial charge in [-0.1, -0.05) is 0 Å². The van der Waals surface area contributed by atoms with Crippen LogP contribution in [0.4, 0.5) is 0 Å². The van der Waals surface area contributed by atoms with Gasteiger partial charge in [-0.25, -0.2) is 0 Å². The van der Waals surface area contributed by atoms with Crippen LogP contribution in [0.15, 0.2) is 0 Å². The summed E-state index contributed by atoms with van der Waals surface area (Å²) in [7, 11) is 0. The van der Waals surface area contributed by atoms with Gasteiger partial charge in [-0.15, -0.1) is 0 Å². The molecule has 5 N–H and O–H groups in total. The highest BCUT2D eigenvalue weighted by Gasteiger charge is 1.52. The number of guanidine groups is 1. The second-order valence-electron chi connectivity index (χ2n) is 0.455. The van der Waals surface area contributed by atoms with Gasteiger partial charge < -0.3 is 11.5 Å². The van der Waals surface area contributed by atoms with Gasteiger partial charge in [0.05, 0.1) is 0 Å². The first kappa shape index (κ1) is 3.27. The average Bonchev–Trinajstić information content (AvgIpc) is 0.811. The van der Waals surface area contributed by atoms with E-state index in [0.29, 0.717) is 0 Å². The van der Waals surface area contributed by atoms with Gasteiger partial charge >= 0.3 is 0 Å². The first-order chi connectivity index (χ1) is 1.73. The van der Waals surface area contributed by atoms with Gasteiger partial charge in [0.25, 0.3) is 0 Å². The summed E-state index contributed by atoms with van der Waals surface area (Å²) in [5.74, 6) is -0.333. The molecule has 0 atom stereocenters. The molecule has 0 fully saturated rings. The molecule has 0 bridgehead atoms. The van der Waals surface area contributed by atoms with Crippen LogP contribution in [0.5, 0.6) is 0 Å². The van der Waals surface area contributed by atoms with Crippen molar-refractivity contribution in [3.8, 4) is 0 Å². The van der Waals surface area contributed by atoms with Crippen LogP contribution in [0.1, 0.15) is 0 Å². The lowest BCUT2D eigenvalue weighted by Gasteiger charge is -1.69. The van der Waals surface area contributed by atoms with Crippen LogP contribution in [-0.2, 0) is 0 Å². The molecule has 0 aromatic carbocycles. The van der Waals surface area contributed by atoms with Crippen LogP contribution < -0.4 is 11.5 Å². The summed E-state index contributed by atoms with van der Waals surface area (Å²) in [4.78, 5) is 0. The minimum absolute atomic E-state index is 0.333. The Hall–Kier alpha value is -0.730. The third-order valence-corrected chi connectivity index (χ3v) is 0. The number of rotatable bonds is 0. The summed E-state index contributed by atoms with van der Waals surface area (Å²) < 4.78 is 0. The zero-order valence-corrected chi connectivity index (χ0v) is 2.15. The molecule has 0 aliphatic carbocycles. The summed E-state index contributed by atoms with van der Waals surface area (Å²) in [6, 6.07) is 0. The van der Waals surface area contributed by atoms with Gasteiger partial charge in [-0.2, -0.15) is 0 Å². The Bertz CT molecular complexity index is 26.3. The normalized spacial score (nSPS) is 6.00. The molecule has 0 spiro atoms. The Labute approximate surface area is 24.1 Å². The van der Waals surface area contributed by atoms with Crippen molar-refractivity contribution in [3.05, 3.63) is 0 Å². The molecule has 0 heterocycles. The third kappa shape index (κ3) is 0.174. The minimum atomic E-state index is -0.333. The molecule has 0 aliphatic rings. The van der Waals surface area contributed by atoms with Gasteiger partial charge in [0.1, 0.15) is 0 Å². The molecule has 0 aromatic heterocycles. The highest BCUT2D eigenvalue weighted by molar-refractivity contribution is 5.71. The molecule has 0 aliphatic heterocycles. The van der Waals surface area contributed by atoms with Crippen molar-refractivity contribution < 1.29 is 0 Å². The van der Waals surface area contributed by atoms with Crippen molar-refractivity contribution in [1.82, 2.24) is 0 Å². The van der Waals surface area contributed by atoms with Gasteiger partial charge in [-0.3, -0.25) is 5.41 Å². The predicted octanol–water partition coefficient (Wildman–Crippen LogP) is -1.16. The fraction of sp³-hybridized carbons (Fsp3) is 0. The molecule has 24 valence electrons. The SMILES string of the molecule is NC(N)=[15NH]. The van der Waals surface area contributed by atoms with Crippen molar-refractivity contribution in [2.45, 2.75) is 0 Å². The van der Waals surface area contributed by atoms with Crippen molar-refractivity contribution in [1.29, 1.82) is 5.41 Å². The Morgan fingerprint density at radius 3 is 1.50 bits per heavy atom. The fourth-order valence-corrected chi connectivity index (χ4v) is 0. The predicted molar refractivity (Wildman–Crippen MR) is 16.1 cm³/mol. The lowest BCUT2D eigenvalue weighted by molar-refractivity contribution is 1.39. The Morgan fingerprint density at radius 2 is 1.50 bits per heavy atom. The van der Waals surface area contributed by atoms with E-state index in [1.807, 2.05) is 0 Å². The molecule has 0 amide bonds. The van der Waals surface area contributed by atoms with Crippen molar-refractivity contribution >= 4 is 5.96 Å². The largest absolute Gasteiger partial charge is 0.370 e. The van der Waals surface area contributed by atoms with E-state index in [0.717, 1.165) is 0 Å². The molecule has 3 nitrogen and oxygen atoms in total. The third-order valence-electron chi connectivity index (χ3n) is 0. The van der Waals surface area contributed by atoms with Gasteiger partial charge in [0.15, 0.2) is 5.96 Å². The highest BCUT2D eigenvalue weighted by Crippen LogP contribution is 1.13. The zero-order chi connectivity index (χ0) is 3.58. The molecule has 0 saturated heterocycles. The molecule has 3 heteroatoms. The van der Waals surface area contributed by atoms with E-state index in [4.69, 9.17) is 5.41 Å². The van der Waals surface area contributed by atoms with E-state index in [1.165, 1.54) is 0 Å². The van der Waals surface area contributed by atoms with Crippen LogP contribution in [-0.4, -0.2) is 5.96 Å². The van der Waals surface area contributed by atoms with Gasteiger partial charge in [0, 0.05) is 0 Å². The summed E-state index contributed by atoms with van der Waals surface area (Å²) in [6.07, 6.45) is 0. The maximum absolute atomic E-state index is 6.06. The molecule has 0 saturated carbocycles. The Balaban J connectivity index is 2.80. The topological polar surface area (TPSA) is 75.9 Å². The number of hydrogen-bond acceptors (Lipinski definition) is 1. The van der Waals surface area contributed by atoms with Crippen LogP contribution in [0, 0.1) is 5.41 Å². The van der Waals surface area contributed by atoms with Crippen molar-refractivity contribution in [2.75, 3.05) is 0 Å². The molecule has 0 rings (SSSR count). The molecule has 0 aromatic rings.